The van der Waals surface area contributed by atoms with Gasteiger partial charge in [-0.15, -0.1) is 11.8 Å². The molecule has 1 amide bonds. The molecule has 3 rings (SSSR count). The summed E-state index contributed by atoms with van der Waals surface area (Å²) < 4.78 is 3.31. The molecule has 3 nitrogen and oxygen atoms in total. The molecule has 2 aromatic carbocycles. The van der Waals surface area contributed by atoms with Gasteiger partial charge in [0, 0.05) is 16.5 Å². The van der Waals surface area contributed by atoms with Gasteiger partial charge in [0.1, 0.15) is 0 Å². The summed E-state index contributed by atoms with van der Waals surface area (Å²) >= 11 is 8.94. The van der Waals surface area contributed by atoms with Crippen molar-refractivity contribution in [2.45, 2.75) is 31.7 Å². The average molecular weight is 391 g/mol. The van der Waals surface area contributed by atoms with E-state index < -0.39 is 0 Å². The van der Waals surface area contributed by atoms with Gasteiger partial charge >= 0.3 is 0 Å². The summed E-state index contributed by atoms with van der Waals surface area (Å²) in [5.74, 6) is 0.203. The molecule has 0 spiro atoms. The van der Waals surface area contributed by atoms with Crippen LogP contribution in [0.25, 0.3) is 10.2 Å². The molecule has 0 radical (unpaired) electrons. The predicted molar refractivity (Wildman–Crippen MR) is 108 cm³/mol. The van der Waals surface area contributed by atoms with E-state index in [0.29, 0.717) is 10.8 Å². The topological polar surface area (TPSA) is 34.4 Å². The SMILES string of the molecule is CCCn1c(=NC(=O)CSc2ccc(Cl)cc2)sc2cc(C)ccc21. The maximum atomic E-state index is 12.3. The first kappa shape index (κ1) is 18.2. The van der Waals surface area contributed by atoms with Gasteiger partial charge in [0.05, 0.1) is 16.0 Å². The van der Waals surface area contributed by atoms with E-state index in [0.717, 1.165) is 28.2 Å². The maximum absolute atomic E-state index is 12.3. The fourth-order valence-corrected chi connectivity index (χ4v) is 4.50. The first-order chi connectivity index (χ1) is 12.1. The quantitative estimate of drug-likeness (QED) is 0.554. The Kier molecular flexibility index (Phi) is 5.99. The van der Waals surface area contributed by atoms with Crippen LogP contribution in [0.2, 0.25) is 5.02 Å². The fourth-order valence-electron chi connectivity index (χ4n) is 2.52. The molecular formula is C19H19ClN2OS2. The van der Waals surface area contributed by atoms with Crippen LogP contribution in [-0.2, 0) is 11.3 Å². The van der Waals surface area contributed by atoms with E-state index in [1.54, 1.807) is 11.3 Å². The molecule has 0 aliphatic heterocycles. The lowest BCUT2D eigenvalue weighted by atomic mass is 10.2. The lowest BCUT2D eigenvalue weighted by molar-refractivity contribution is -0.115. The summed E-state index contributed by atoms with van der Waals surface area (Å²) in [5.41, 5.74) is 2.36. The van der Waals surface area contributed by atoms with Crippen LogP contribution in [0.1, 0.15) is 18.9 Å². The van der Waals surface area contributed by atoms with Gasteiger partial charge in [0.2, 0.25) is 0 Å². The number of hydrogen-bond donors (Lipinski definition) is 0. The molecule has 0 unspecified atom stereocenters. The second-order valence-corrected chi connectivity index (χ2v) is 8.25. The van der Waals surface area contributed by atoms with E-state index in [9.17, 15) is 4.79 Å². The van der Waals surface area contributed by atoms with Gasteiger partial charge in [-0.2, -0.15) is 4.99 Å². The van der Waals surface area contributed by atoms with Gasteiger partial charge in [-0.1, -0.05) is 35.9 Å². The summed E-state index contributed by atoms with van der Waals surface area (Å²) in [6.07, 6.45) is 1.00. The number of amides is 1. The monoisotopic (exact) mass is 390 g/mol. The highest BCUT2D eigenvalue weighted by atomic mass is 35.5. The van der Waals surface area contributed by atoms with Crippen LogP contribution in [0, 0.1) is 6.92 Å². The number of benzene rings is 2. The van der Waals surface area contributed by atoms with E-state index in [4.69, 9.17) is 11.6 Å². The molecule has 0 saturated heterocycles. The van der Waals surface area contributed by atoms with Crippen LogP contribution < -0.4 is 4.80 Å². The van der Waals surface area contributed by atoms with Crippen molar-refractivity contribution in [3.8, 4) is 0 Å². The van der Waals surface area contributed by atoms with Crippen LogP contribution in [-0.4, -0.2) is 16.2 Å². The van der Waals surface area contributed by atoms with Gasteiger partial charge in [-0.25, -0.2) is 0 Å². The third-order valence-electron chi connectivity index (χ3n) is 3.68. The Balaban J connectivity index is 1.84. The van der Waals surface area contributed by atoms with Crippen LogP contribution in [0.4, 0.5) is 0 Å². The molecular weight excluding hydrogens is 372 g/mol. The maximum Gasteiger partial charge on any atom is 0.258 e. The van der Waals surface area contributed by atoms with E-state index in [2.05, 4.69) is 41.6 Å². The normalized spacial score (nSPS) is 12.0. The highest BCUT2D eigenvalue weighted by Gasteiger charge is 2.08. The largest absolute Gasteiger partial charge is 0.316 e. The highest BCUT2D eigenvalue weighted by Crippen LogP contribution is 2.21. The standard InChI is InChI=1S/C19H19ClN2OS2/c1-3-10-22-16-9-4-13(2)11-17(16)25-19(22)21-18(23)12-24-15-7-5-14(20)6-8-15/h4-9,11H,3,10,12H2,1-2H3. The van der Waals surface area contributed by atoms with Crippen molar-refractivity contribution < 1.29 is 4.79 Å². The lowest BCUT2D eigenvalue weighted by Crippen LogP contribution is -2.17. The van der Waals surface area contributed by atoms with Gasteiger partial charge in [0.15, 0.2) is 4.80 Å². The van der Waals surface area contributed by atoms with Crippen molar-refractivity contribution in [1.29, 1.82) is 0 Å². The lowest BCUT2D eigenvalue weighted by Gasteiger charge is -2.03. The minimum Gasteiger partial charge on any atom is -0.316 e. The van der Waals surface area contributed by atoms with Crippen molar-refractivity contribution in [2.75, 3.05) is 5.75 Å². The third-order valence-corrected chi connectivity index (χ3v) is 5.97. The number of thiazole rings is 1. The summed E-state index contributed by atoms with van der Waals surface area (Å²) in [6.45, 7) is 5.07. The van der Waals surface area contributed by atoms with E-state index in [1.807, 2.05) is 24.3 Å². The molecule has 0 aliphatic carbocycles. The van der Waals surface area contributed by atoms with E-state index >= 15 is 0 Å². The van der Waals surface area contributed by atoms with Crippen molar-refractivity contribution >= 4 is 50.8 Å². The number of thioether (sulfide) groups is 1. The Bertz CT molecular complexity index is 958. The molecule has 1 aromatic heterocycles. The summed E-state index contributed by atoms with van der Waals surface area (Å²) in [6, 6.07) is 13.9. The van der Waals surface area contributed by atoms with Crippen molar-refractivity contribution in [3.63, 3.8) is 0 Å². The number of hydrogen-bond acceptors (Lipinski definition) is 3. The third kappa shape index (κ3) is 4.54. The smallest absolute Gasteiger partial charge is 0.258 e. The van der Waals surface area contributed by atoms with Crippen molar-refractivity contribution in [2.24, 2.45) is 4.99 Å². The van der Waals surface area contributed by atoms with Crippen LogP contribution in [0.15, 0.2) is 52.4 Å². The van der Waals surface area contributed by atoms with E-state index in [1.165, 1.54) is 22.0 Å². The van der Waals surface area contributed by atoms with Gasteiger partial charge in [-0.05, 0) is 55.3 Å². The zero-order valence-electron chi connectivity index (χ0n) is 14.2. The Morgan fingerprint density at radius 3 is 2.72 bits per heavy atom. The second-order valence-electron chi connectivity index (χ2n) is 5.76. The number of nitrogens with zero attached hydrogens (tertiary/aromatic N) is 2. The number of carbonyl (C=O) groups is 1. The molecule has 25 heavy (non-hydrogen) atoms. The zero-order chi connectivity index (χ0) is 17.8. The summed E-state index contributed by atoms with van der Waals surface area (Å²) in [5, 5.41) is 0.696. The average Bonchev–Trinajstić information content (AvgIpc) is 2.91. The molecule has 130 valence electrons. The molecule has 3 aromatic rings. The Labute approximate surface area is 160 Å². The molecule has 0 saturated carbocycles. The first-order valence-electron chi connectivity index (χ1n) is 8.12. The number of fused-ring (bicyclic) bond motifs is 1. The Hall–Kier alpha value is -1.56. The fraction of sp³-hybridized carbons (Fsp3) is 0.263. The number of aromatic nitrogens is 1. The molecule has 0 aliphatic rings. The van der Waals surface area contributed by atoms with Crippen LogP contribution in [0.5, 0.6) is 0 Å². The van der Waals surface area contributed by atoms with E-state index in [-0.39, 0.29) is 5.91 Å². The van der Waals surface area contributed by atoms with Crippen LogP contribution >= 0.6 is 34.7 Å². The second kappa shape index (κ2) is 8.21. The molecule has 0 bridgehead atoms. The van der Waals surface area contributed by atoms with Crippen molar-refractivity contribution in [1.82, 2.24) is 4.57 Å². The predicted octanol–water partition coefficient (Wildman–Crippen LogP) is 5.29. The first-order valence-corrected chi connectivity index (χ1v) is 10.3. The number of aryl methyl sites for hydroxylation is 2. The van der Waals surface area contributed by atoms with Gasteiger partial charge in [0.25, 0.3) is 5.91 Å². The number of carbonyl (C=O) groups excluding carboxylic acids is 1. The summed E-state index contributed by atoms with van der Waals surface area (Å²) in [7, 11) is 0. The molecule has 0 atom stereocenters. The number of rotatable bonds is 5. The van der Waals surface area contributed by atoms with Gasteiger partial charge < -0.3 is 4.57 Å². The summed E-state index contributed by atoms with van der Waals surface area (Å²) in [4.78, 5) is 18.5. The Morgan fingerprint density at radius 1 is 1.24 bits per heavy atom. The zero-order valence-corrected chi connectivity index (χ0v) is 16.5. The van der Waals surface area contributed by atoms with Gasteiger partial charge in [-0.3, -0.25) is 4.79 Å². The highest BCUT2D eigenvalue weighted by molar-refractivity contribution is 8.00. The molecule has 0 fully saturated rings. The molecule has 0 N–H and O–H groups in total. The van der Waals surface area contributed by atoms with Crippen molar-refractivity contribution in [3.05, 3.63) is 57.9 Å². The Morgan fingerprint density at radius 2 is 2.00 bits per heavy atom. The minimum absolute atomic E-state index is 0.118. The minimum atomic E-state index is -0.118. The molecule has 6 heteroatoms. The number of halogens is 1. The van der Waals surface area contributed by atoms with Crippen LogP contribution in [0.3, 0.4) is 0 Å². The molecule has 1 heterocycles.